The number of hydrogen-bond acceptors (Lipinski definition) is 6. The zero-order valence-corrected chi connectivity index (χ0v) is 16.6. The third-order valence-electron chi connectivity index (χ3n) is 4.68. The molecule has 158 valence electrons. The van der Waals surface area contributed by atoms with Gasteiger partial charge in [-0.3, -0.25) is 19.5 Å². The predicted octanol–water partition coefficient (Wildman–Crippen LogP) is 1.70. The van der Waals surface area contributed by atoms with Gasteiger partial charge in [0.05, 0.1) is 17.7 Å². The van der Waals surface area contributed by atoms with Gasteiger partial charge in [0.2, 0.25) is 11.8 Å². The highest BCUT2D eigenvalue weighted by molar-refractivity contribution is 6.11. The van der Waals surface area contributed by atoms with Crippen LogP contribution in [0.25, 0.3) is 11.4 Å². The molecule has 0 unspecified atom stereocenters. The molecule has 10 nitrogen and oxygen atoms in total. The molecule has 0 saturated carbocycles. The number of hydrogen-bond donors (Lipinski definition) is 4. The fraction of sp³-hybridized carbons (Fsp3) is 0.190. The van der Waals surface area contributed by atoms with Gasteiger partial charge in [0.15, 0.2) is 11.6 Å². The van der Waals surface area contributed by atoms with E-state index in [0.29, 0.717) is 35.2 Å². The van der Waals surface area contributed by atoms with Crippen LogP contribution in [-0.2, 0) is 20.9 Å². The number of H-pyrrole nitrogens is 1. The van der Waals surface area contributed by atoms with Crippen molar-refractivity contribution in [3.8, 4) is 11.4 Å². The summed E-state index contributed by atoms with van der Waals surface area (Å²) < 4.78 is 5.01. The third-order valence-corrected chi connectivity index (χ3v) is 4.68. The number of methoxy groups -OCH3 is 1. The van der Waals surface area contributed by atoms with E-state index in [2.05, 4.69) is 31.1 Å². The molecule has 0 saturated heterocycles. The molecular weight excluding hydrogens is 400 g/mol. The number of para-hydroxylation sites is 1. The number of fused-ring (bicyclic) bond motifs is 1. The standard InChI is InChI=1S/C21H20N6O4/c1-31-11-17-25-19(27-26-17)12-6-8-13(9-7-12)22-18(28)10-16-21(30)23-15-5-3-2-4-14(15)20(29)24-16/h2-9,16H,10-11H2,1H3,(H,22,28)(H,23,30)(H,24,29)(H,25,26,27)/t16-/m1/s1. The van der Waals surface area contributed by atoms with Crippen LogP contribution in [0, 0.1) is 0 Å². The molecule has 0 bridgehead atoms. The van der Waals surface area contributed by atoms with Gasteiger partial charge in [-0.15, -0.1) is 0 Å². The zero-order valence-electron chi connectivity index (χ0n) is 16.6. The largest absolute Gasteiger partial charge is 0.377 e. The molecule has 0 aliphatic carbocycles. The number of ether oxygens (including phenoxy) is 1. The minimum absolute atomic E-state index is 0.200. The van der Waals surface area contributed by atoms with Crippen molar-refractivity contribution in [2.24, 2.45) is 0 Å². The first kappa shape index (κ1) is 20.2. The lowest BCUT2D eigenvalue weighted by atomic mass is 10.1. The Morgan fingerprint density at radius 3 is 2.68 bits per heavy atom. The van der Waals surface area contributed by atoms with Crippen molar-refractivity contribution in [1.29, 1.82) is 0 Å². The average Bonchev–Trinajstić information content (AvgIpc) is 3.18. The molecule has 4 N–H and O–H groups in total. The summed E-state index contributed by atoms with van der Waals surface area (Å²) in [5, 5.41) is 14.9. The van der Waals surface area contributed by atoms with Crippen LogP contribution >= 0.6 is 0 Å². The molecule has 0 spiro atoms. The lowest BCUT2D eigenvalue weighted by Gasteiger charge is -2.14. The molecule has 0 fully saturated rings. The van der Waals surface area contributed by atoms with Crippen molar-refractivity contribution in [2.45, 2.75) is 19.1 Å². The predicted molar refractivity (Wildman–Crippen MR) is 112 cm³/mol. The van der Waals surface area contributed by atoms with Gasteiger partial charge >= 0.3 is 0 Å². The second-order valence-corrected chi connectivity index (χ2v) is 6.93. The van der Waals surface area contributed by atoms with Crippen LogP contribution in [0.2, 0.25) is 0 Å². The summed E-state index contributed by atoms with van der Waals surface area (Å²) in [6.45, 7) is 0.331. The van der Waals surface area contributed by atoms with Crippen LogP contribution in [0.4, 0.5) is 11.4 Å². The Kier molecular flexibility index (Phi) is 5.72. The number of nitrogens with zero attached hydrogens (tertiary/aromatic N) is 2. The number of rotatable bonds is 6. The van der Waals surface area contributed by atoms with Crippen LogP contribution in [-0.4, -0.2) is 46.1 Å². The fourth-order valence-corrected chi connectivity index (χ4v) is 3.18. The molecule has 4 rings (SSSR count). The monoisotopic (exact) mass is 420 g/mol. The van der Waals surface area contributed by atoms with E-state index in [1.807, 2.05) is 0 Å². The van der Waals surface area contributed by atoms with E-state index in [1.165, 1.54) is 0 Å². The Bertz CT molecular complexity index is 1120. The molecular formula is C21H20N6O4. The summed E-state index contributed by atoms with van der Waals surface area (Å²) in [5.41, 5.74) is 2.09. The van der Waals surface area contributed by atoms with Crippen molar-refractivity contribution in [3.63, 3.8) is 0 Å². The van der Waals surface area contributed by atoms with Gasteiger partial charge in [-0.1, -0.05) is 12.1 Å². The van der Waals surface area contributed by atoms with E-state index >= 15 is 0 Å². The maximum atomic E-state index is 12.5. The number of anilines is 2. The highest BCUT2D eigenvalue weighted by Gasteiger charge is 2.29. The molecule has 1 aliphatic rings. The van der Waals surface area contributed by atoms with Crippen LogP contribution in [0.15, 0.2) is 48.5 Å². The van der Waals surface area contributed by atoms with Crippen molar-refractivity contribution in [2.75, 3.05) is 17.7 Å². The second kappa shape index (κ2) is 8.76. The lowest BCUT2D eigenvalue weighted by Crippen LogP contribution is -2.43. The molecule has 1 aromatic heterocycles. The SMILES string of the molecule is COCc1nc(-c2ccc(NC(=O)C[C@H]3NC(=O)c4ccccc4NC3=O)cc2)n[nH]1. The van der Waals surface area contributed by atoms with Gasteiger partial charge in [0.1, 0.15) is 12.6 Å². The van der Waals surface area contributed by atoms with Gasteiger partial charge in [0, 0.05) is 18.4 Å². The van der Waals surface area contributed by atoms with Crippen LogP contribution in [0.5, 0.6) is 0 Å². The number of amides is 3. The number of nitrogens with one attached hydrogen (secondary N) is 4. The molecule has 2 heterocycles. The Morgan fingerprint density at radius 1 is 1.13 bits per heavy atom. The van der Waals surface area contributed by atoms with E-state index in [4.69, 9.17) is 4.74 Å². The smallest absolute Gasteiger partial charge is 0.254 e. The van der Waals surface area contributed by atoms with Crippen molar-refractivity contribution < 1.29 is 19.1 Å². The number of benzene rings is 2. The molecule has 0 radical (unpaired) electrons. The summed E-state index contributed by atoms with van der Waals surface area (Å²) in [7, 11) is 1.57. The number of aromatic amines is 1. The summed E-state index contributed by atoms with van der Waals surface area (Å²) in [6.07, 6.45) is -0.200. The van der Waals surface area contributed by atoms with Gasteiger partial charge in [-0.2, -0.15) is 5.10 Å². The number of carbonyl (C=O) groups is 3. The summed E-state index contributed by atoms with van der Waals surface area (Å²) in [6, 6.07) is 12.7. The van der Waals surface area contributed by atoms with E-state index in [-0.39, 0.29) is 6.42 Å². The number of aromatic nitrogens is 3. The quantitative estimate of drug-likeness (QED) is 0.479. The highest BCUT2D eigenvalue weighted by atomic mass is 16.5. The molecule has 1 atom stereocenters. The lowest BCUT2D eigenvalue weighted by molar-refractivity contribution is -0.122. The summed E-state index contributed by atoms with van der Waals surface area (Å²) in [4.78, 5) is 41.6. The van der Waals surface area contributed by atoms with E-state index in [1.54, 1.807) is 55.6 Å². The molecule has 31 heavy (non-hydrogen) atoms. The Hall–Kier alpha value is -4.05. The topological polar surface area (TPSA) is 138 Å². The minimum atomic E-state index is -0.980. The molecule has 3 aromatic rings. The molecule has 2 aromatic carbocycles. The summed E-state index contributed by atoms with van der Waals surface area (Å²) >= 11 is 0. The zero-order chi connectivity index (χ0) is 21.8. The Morgan fingerprint density at radius 2 is 1.90 bits per heavy atom. The summed E-state index contributed by atoms with van der Waals surface area (Å²) in [5.74, 6) is -0.127. The van der Waals surface area contributed by atoms with Gasteiger partial charge in [-0.25, -0.2) is 4.98 Å². The Labute approximate surface area is 177 Å². The van der Waals surface area contributed by atoms with E-state index < -0.39 is 23.8 Å². The van der Waals surface area contributed by atoms with Crippen molar-refractivity contribution in [3.05, 3.63) is 59.9 Å². The van der Waals surface area contributed by atoms with Crippen LogP contribution in [0.3, 0.4) is 0 Å². The van der Waals surface area contributed by atoms with E-state index in [9.17, 15) is 14.4 Å². The maximum Gasteiger partial charge on any atom is 0.254 e. The molecule has 10 heteroatoms. The first-order valence-corrected chi connectivity index (χ1v) is 9.55. The van der Waals surface area contributed by atoms with Crippen LogP contribution < -0.4 is 16.0 Å². The Balaban J connectivity index is 1.38. The van der Waals surface area contributed by atoms with Crippen LogP contribution in [0.1, 0.15) is 22.6 Å². The van der Waals surface area contributed by atoms with Gasteiger partial charge in [-0.05, 0) is 36.4 Å². The highest BCUT2D eigenvalue weighted by Crippen LogP contribution is 2.20. The second-order valence-electron chi connectivity index (χ2n) is 6.93. The minimum Gasteiger partial charge on any atom is -0.377 e. The average molecular weight is 420 g/mol. The normalized spacial score (nSPS) is 15.5. The van der Waals surface area contributed by atoms with Gasteiger partial charge in [0.25, 0.3) is 5.91 Å². The van der Waals surface area contributed by atoms with Crippen molar-refractivity contribution in [1.82, 2.24) is 20.5 Å². The first-order valence-electron chi connectivity index (χ1n) is 9.55. The maximum absolute atomic E-state index is 12.5. The van der Waals surface area contributed by atoms with Crippen molar-refractivity contribution >= 4 is 29.1 Å². The third kappa shape index (κ3) is 4.59. The van der Waals surface area contributed by atoms with Gasteiger partial charge < -0.3 is 20.7 Å². The molecule has 1 aliphatic heterocycles. The fourth-order valence-electron chi connectivity index (χ4n) is 3.18. The molecule has 3 amide bonds. The first-order chi connectivity index (χ1) is 15.0. The number of carbonyl (C=O) groups excluding carboxylic acids is 3. The van der Waals surface area contributed by atoms with E-state index in [0.717, 1.165) is 5.56 Å².